The van der Waals surface area contributed by atoms with Crippen molar-refractivity contribution in [3.8, 4) is 0 Å². The summed E-state index contributed by atoms with van der Waals surface area (Å²) in [6, 6.07) is 6.82. The maximum atomic E-state index is 10.8. The highest BCUT2D eigenvalue weighted by atomic mass is 16.6. The van der Waals surface area contributed by atoms with E-state index in [4.69, 9.17) is 10.5 Å². The van der Waals surface area contributed by atoms with Crippen LogP contribution in [0.2, 0.25) is 0 Å². The Balaban J connectivity index is 2.06. The van der Waals surface area contributed by atoms with Gasteiger partial charge in [0.2, 0.25) is 0 Å². The van der Waals surface area contributed by atoms with Gasteiger partial charge in [-0.3, -0.25) is 10.1 Å². The standard InChI is InChI=1S/C12H16N2O3/c13-12(7-8-17-9-12)6-5-10-3-1-2-4-11(10)14(15)16/h1-4H,5-9,13H2. The molecule has 1 aromatic carbocycles. The number of hydrogen-bond donors (Lipinski definition) is 1. The maximum Gasteiger partial charge on any atom is 0.272 e. The zero-order valence-corrected chi connectivity index (χ0v) is 9.59. The lowest BCUT2D eigenvalue weighted by atomic mass is 9.91. The predicted molar refractivity (Wildman–Crippen MR) is 63.8 cm³/mol. The van der Waals surface area contributed by atoms with Crippen molar-refractivity contribution in [1.82, 2.24) is 0 Å². The van der Waals surface area contributed by atoms with E-state index >= 15 is 0 Å². The molecular weight excluding hydrogens is 220 g/mol. The number of rotatable bonds is 4. The largest absolute Gasteiger partial charge is 0.379 e. The molecule has 17 heavy (non-hydrogen) atoms. The fraction of sp³-hybridized carbons (Fsp3) is 0.500. The molecule has 1 fully saturated rings. The molecular formula is C12H16N2O3. The molecule has 1 atom stereocenters. The van der Waals surface area contributed by atoms with Gasteiger partial charge in [0.15, 0.2) is 0 Å². The van der Waals surface area contributed by atoms with E-state index in [0.717, 1.165) is 18.4 Å². The van der Waals surface area contributed by atoms with Crippen LogP contribution < -0.4 is 5.73 Å². The molecule has 1 unspecified atom stereocenters. The van der Waals surface area contributed by atoms with E-state index in [1.165, 1.54) is 6.07 Å². The van der Waals surface area contributed by atoms with Gasteiger partial charge in [-0.2, -0.15) is 0 Å². The number of para-hydroxylation sites is 1. The van der Waals surface area contributed by atoms with Gasteiger partial charge in [-0.1, -0.05) is 18.2 Å². The van der Waals surface area contributed by atoms with Crippen LogP contribution in [-0.2, 0) is 11.2 Å². The molecule has 0 amide bonds. The van der Waals surface area contributed by atoms with E-state index in [0.29, 0.717) is 19.6 Å². The lowest BCUT2D eigenvalue weighted by Crippen LogP contribution is -2.40. The fourth-order valence-electron chi connectivity index (χ4n) is 2.10. The van der Waals surface area contributed by atoms with Gasteiger partial charge in [0.05, 0.1) is 11.5 Å². The van der Waals surface area contributed by atoms with Gasteiger partial charge in [-0.25, -0.2) is 0 Å². The van der Waals surface area contributed by atoms with Crippen molar-refractivity contribution in [3.63, 3.8) is 0 Å². The smallest absolute Gasteiger partial charge is 0.272 e. The molecule has 1 heterocycles. The van der Waals surface area contributed by atoms with Crippen molar-refractivity contribution in [2.75, 3.05) is 13.2 Å². The van der Waals surface area contributed by atoms with Crippen molar-refractivity contribution in [2.45, 2.75) is 24.8 Å². The van der Waals surface area contributed by atoms with Crippen LogP contribution in [0.1, 0.15) is 18.4 Å². The van der Waals surface area contributed by atoms with Crippen LogP contribution in [0.25, 0.3) is 0 Å². The number of ether oxygens (including phenoxy) is 1. The van der Waals surface area contributed by atoms with E-state index in [2.05, 4.69) is 0 Å². The average molecular weight is 236 g/mol. The van der Waals surface area contributed by atoms with E-state index in [-0.39, 0.29) is 16.1 Å². The molecule has 0 saturated carbocycles. The molecule has 5 heteroatoms. The first-order valence-corrected chi connectivity index (χ1v) is 5.70. The number of benzene rings is 1. The first kappa shape index (κ1) is 12.0. The number of nitrogens with zero attached hydrogens (tertiary/aromatic N) is 1. The van der Waals surface area contributed by atoms with Gasteiger partial charge in [0.1, 0.15) is 0 Å². The Morgan fingerprint density at radius 3 is 2.88 bits per heavy atom. The summed E-state index contributed by atoms with van der Waals surface area (Å²) in [5.74, 6) is 0. The van der Waals surface area contributed by atoms with Gasteiger partial charge in [-0.05, 0) is 19.3 Å². The molecule has 2 N–H and O–H groups in total. The Morgan fingerprint density at radius 2 is 2.24 bits per heavy atom. The molecule has 0 aliphatic carbocycles. The lowest BCUT2D eigenvalue weighted by Gasteiger charge is -2.21. The van der Waals surface area contributed by atoms with Gasteiger partial charge in [0, 0.05) is 23.8 Å². The summed E-state index contributed by atoms with van der Waals surface area (Å²) in [6.45, 7) is 1.24. The monoisotopic (exact) mass is 236 g/mol. The SMILES string of the molecule is NC1(CCc2ccccc2[N+](=O)[O-])CCOC1. The normalized spacial score (nSPS) is 23.8. The van der Waals surface area contributed by atoms with Crippen molar-refractivity contribution in [2.24, 2.45) is 5.73 Å². The quantitative estimate of drug-likeness (QED) is 0.636. The van der Waals surface area contributed by atoms with Crippen LogP contribution in [-0.4, -0.2) is 23.7 Å². The zero-order valence-electron chi connectivity index (χ0n) is 9.59. The van der Waals surface area contributed by atoms with Crippen molar-refractivity contribution in [1.29, 1.82) is 0 Å². The molecule has 1 aliphatic heterocycles. The van der Waals surface area contributed by atoms with E-state index in [1.54, 1.807) is 12.1 Å². The van der Waals surface area contributed by atoms with Crippen LogP contribution in [0.5, 0.6) is 0 Å². The Hall–Kier alpha value is -1.46. The van der Waals surface area contributed by atoms with Crippen molar-refractivity contribution in [3.05, 3.63) is 39.9 Å². The number of nitrogens with two attached hydrogens (primary N) is 1. The van der Waals surface area contributed by atoms with Crippen molar-refractivity contribution < 1.29 is 9.66 Å². The molecule has 0 radical (unpaired) electrons. The minimum atomic E-state index is -0.344. The molecule has 2 rings (SSSR count). The minimum Gasteiger partial charge on any atom is -0.379 e. The highest BCUT2D eigenvalue weighted by Gasteiger charge is 2.30. The number of nitro groups is 1. The lowest BCUT2D eigenvalue weighted by molar-refractivity contribution is -0.385. The first-order valence-electron chi connectivity index (χ1n) is 5.70. The Morgan fingerprint density at radius 1 is 1.47 bits per heavy atom. The summed E-state index contributed by atoms with van der Waals surface area (Å²) in [4.78, 5) is 10.5. The summed E-state index contributed by atoms with van der Waals surface area (Å²) < 4.78 is 5.27. The van der Waals surface area contributed by atoms with Crippen LogP contribution in [0.4, 0.5) is 5.69 Å². The zero-order chi connectivity index (χ0) is 12.3. The third kappa shape index (κ3) is 2.81. The molecule has 1 aromatic rings. The number of hydrogen-bond acceptors (Lipinski definition) is 4. The van der Waals surface area contributed by atoms with Gasteiger partial charge >= 0.3 is 0 Å². The third-order valence-electron chi connectivity index (χ3n) is 3.21. The topological polar surface area (TPSA) is 78.4 Å². The minimum absolute atomic E-state index is 0.176. The highest BCUT2D eigenvalue weighted by molar-refractivity contribution is 5.39. The van der Waals surface area contributed by atoms with Crippen molar-refractivity contribution >= 4 is 5.69 Å². The molecule has 0 aromatic heterocycles. The maximum absolute atomic E-state index is 10.8. The second kappa shape index (κ2) is 4.81. The third-order valence-corrected chi connectivity index (χ3v) is 3.21. The van der Waals surface area contributed by atoms with E-state index < -0.39 is 0 Å². The summed E-state index contributed by atoms with van der Waals surface area (Å²) >= 11 is 0. The Labute approximate surface area is 99.7 Å². The molecule has 5 nitrogen and oxygen atoms in total. The van der Waals surface area contributed by atoms with E-state index in [1.807, 2.05) is 6.07 Å². The Bertz CT molecular complexity index is 414. The molecule has 0 bridgehead atoms. The molecule has 0 spiro atoms. The highest BCUT2D eigenvalue weighted by Crippen LogP contribution is 2.25. The Kier molecular flexibility index (Phi) is 3.40. The summed E-state index contributed by atoms with van der Waals surface area (Å²) in [6.07, 6.45) is 2.17. The fourth-order valence-corrected chi connectivity index (χ4v) is 2.10. The van der Waals surface area contributed by atoms with Gasteiger partial charge in [0.25, 0.3) is 5.69 Å². The predicted octanol–water partition coefficient (Wildman–Crippen LogP) is 1.65. The number of aryl methyl sites for hydroxylation is 1. The summed E-state index contributed by atoms with van der Waals surface area (Å²) in [5, 5.41) is 10.8. The second-order valence-electron chi connectivity index (χ2n) is 4.55. The molecule has 1 saturated heterocycles. The summed E-state index contributed by atoms with van der Waals surface area (Å²) in [5.41, 5.74) is 6.74. The second-order valence-corrected chi connectivity index (χ2v) is 4.55. The van der Waals surface area contributed by atoms with E-state index in [9.17, 15) is 10.1 Å². The number of nitro benzene ring substituents is 1. The van der Waals surface area contributed by atoms with Gasteiger partial charge in [-0.15, -0.1) is 0 Å². The summed E-state index contributed by atoms with van der Waals surface area (Å²) in [7, 11) is 0. The van der Waals surface area contributed by atoms with Crippen LogP contribution in [0.3, 0.4) is 0 Å². The molecule has 92 valence electrons. The average Bonchev–Trinajstić information content (AvgIpc) is 2.74. The molecule has 1 aliphatic rings. The van der Waals surface area contributed by atoms with Crippen LogP contribution in [0.15, 0.2) is 24.3 Å². The van der Waals surface area contributed by atoms with Gasteiger partial charge < -0.3 is 10.5 Å². The first-order chi connectivity index (χ1) is 8.11. The van der Waals surface area contributed by atoms with Crippen LogP contribution >= 0.6 is 0 Å². The van der Waals surface area contributed by atoms with Crippen LogP contribution in [0, 0.1) is 10.1 Å².